The van der Waals surface area contributed by atoms with E-state index in [2.05, 4.69) is 65.9 Å². The lowest BCUT2D eigenvalue weighted by atomic mass is 9.88. The quantitative estimate of drug-likeness (QED) is 0.884. The molecule has 1 heterocycles. The van der Waals surface area contributed by atoms with E-state index in [1.165, 1.54) is 18.4 Å². The molecule has 4 unspecified atom stereocenters. The fourth-order valence-corrected chi connectivity index (χ4v) is 3.85. The lowest BCUT2D eigenvalue weighted by Crippen LogP contribution is -2.48. The summed E-state index contributed by atoms with van der Waals surface area (Å²) in [4.78, 5) is 2.62. The first kappa shape index (κ1) is 16.0. The third-order valence-corrected chi connectivity index (χ3v) is 5.11. The van der Waals surface area contributed by atoms with Crippen molar-refractivity contribution in [1.82, 2.24) is 4.90 Å². The van der Waals surface area contributed by atoms with E-state index >= 15 is 0 Å². The van der Waals surface area contributed by atoms with Crippen LogP contribution in [0.1, 0.15) is 51.6 Å². The van der Waals surface area contributed by atoms with E-state index in [0.29, 0.717) is 12.1 Å². The molecule has 1 aromatic carbocycles. The van der Waals surface area contributed by atoms with Crippen LogP contribution < -0.4 is 5.73 Å². The topological polar surface area (TPSA) is 29.3 Å². The van der Waals surface area contributed by atoms with Gasteiger partial charge in [0.15, 0.2) is 0 Å². The molecular formula is C17H27BrN2. The number of hydrogen-bond donors (Lipinski definition) is 1. The summed E-state index contributed by atoms with van der Waals surface area (Å²) in [6.07, 6.45) is 3.57. The zero-order chi connectivity index (χ0) is 14.7. The Morgan fingerprint density at radius 1 is 1.40 bits per heavy atom. The molecule has 0 saturated carbocycles. The summed E-state index contributed by atoms with van der Waals surface area (Å²) in [6.45, 7) is 8.06. The molecule has 2 rings (SSSR count). The molecule has 2 N–H and O–H groups in total. The third kappa shape index (κ3) is 3.63. The van der Waals surface area contributed by atoms with Crippen molar-refractivity contribution < 1.29 is 0 Å². The Balaban J connectivity index is 2.28. The molecule has 0 aliphatic carbocycles. The van der Waals surface area contributed by atoms with Crippen molar-refractivity contribution in [2.45, 2.75) is 58.2 Å². The molecule has 2 nitrogen and oxygen atoms in total. The second-order valence-electron chi connectivity index (χ2n) is 6.29. The molecule has 0 amide bonds. The van der Waals surface area contributed by atoms with E-state index in [1.807, 2.05) is 0 Å². The summed E-state index contributed by atoms with van der Waals surface area (Å²) >= 11 is 3.59. The van der Waals surface area contributed by atoms with Crippen molar-refractivity contribution in [3.8, 4) is 0 Å². The Kier molecular flexibility index (Phi) is 5.65. The van der Waals surface area contributed by atoms with Crippen LogP contribution in [0.4, 0.5) is 0 Å². The molecule has 3 heteroatoms. The summed E-state index contributed by atoms with van der Waals surface area (Å²) in [5.41, 5.74) is 7.81. The van der Waals surface area contributed by atoms with E-state index in [1.54, 1.807) is 0 Å². The first-order valence-electron chi connectivity index (χ1n) is 7.79. The van der Waals surface area contributed by atoms with E-state index in [9.17, 15) is 0 Å². The van der Waals surface area contributed by atoms with Gasteiger partial charge < -0.3 is 5.73 Å². The van der Waals surface area contributed by atoms with Gasteiger partial charge >= 0.3 is 0 Å². The van der Waals surface area contributed by atoms with Gasteiger partial charge in [-0.15, -0.1) is 0 Å². The van der Waals surface area contributed by atoms with Gasteiger partial charge in [-0.3, -0.25) is 4.90 Å². The Labute approximate surface area is 131 Å². The van der Waals surface area contributed by atoms with Gasteiger partial charge in [0.1, 0.15) is 0 Å². The average molecular weight is 339 g/mol. The van der Waals surface area contributed by atoms with Crippen LogP contribution in [-0.2, 0) is 0 Å². The monoisotopic (exact) mass is 338 g/mol. The molecule has 112 valence electrons. The molecule has 1 aliphatic rings. The average Bonchev–Trinajstić information content (AvgIpc) is 2.41. The number of nitrogens with two attached hydrogens (primary N) is 1. The second kappa shape index (κ2) is 7.06. The SMILES string of the molecule is CCC(N)C(c1cccc(Br)c1)N1CCC(C)CC1C. The van der Waals surface area contributed by atoms with Crippen LogP contribution in [0.5, 0.6) is 0 Å². The van der Waals surface area contributed by atoms with E-state index in [-0.39, 0.29) is 6.04 Å². The van der Waals surface area contributed by atoms with Crippen LogP contribution >= 0.6 is 15.9 Å². The third-order valence-electron chi connectivity index (χ3n) is 4.61. The molecule has 0 radical (unpaired) electrons. The zero-order valence-electron chi connectivity index (χ0n) is 12.8. The van der Waals surface area contributed by atoms with Crippen molar-refractivity contribution in [2.24, 2.45) is 11.7 Å². The fraction of sp³-hybridized carbons (Fsp3) is 0.647. The highest BCUT2D eigenvalue weighted by molar-refractivity contribution is 9.10. The molecular weight excluding hydrogens is 312 g/mol. The minimum absolute atomic E-state index is 0.195. The van der Waals surface area contributed by atoms with Gasteiger partial charge in [0, 0.05) is 16.6 Å². The highest BCUT2D eigenvalue weighted by Gasteiger charge is 2.32. The first-order valence-corrected chi connectivity index (χ1v) is 8.59. The van der Waals surface area contributed by atoms with Gasteiger partial charge in [0.05, 0.1) is 6.04 Å². The van der Waals surface area contributed by atoms with Gasteiger partial charge in [-0.25, -0.2) is 0 Å². The van der Waals surface area contributed by atoms with E-state index in [4.69, 9.17) is 5.73 Å². The van der Waals surface area contributed by atoms with Crippen LogP contribution in [0, 0.1) is 5.92 Å². The summed E-state index contributed by atoms with van der Waals surface area (Å²) in [7, 11) is 0. The van der Waals surface area contributed by atoms with Crippen LogP contribution in [0.15, 0.2) is 28.7 Å². The molecule has 1 aromatic rings. The Morgan fingerprint density at radius 2 is 2.15 bits per heavy atom. The lowest BCUT2D eigenvalue weighted by molar-refractivity contribution is 0.0672. The number of nitrogens with zero attached hydrogens (tertiary/aromatic N) is 1. The van der Waals surface area contributed by atoms with Gasteiger partial charge in [-0.1, -0.05) is 41.9 Å². The maximum atomic E-state index is 6.47. The smallest absolute Gasteiger partial charge is 0.0502 e. The van der Waals surface area contributed by atoms with E-state index < -0.39 is 0 Å². The molecule has 1 saturated heterocycles. The van der Waals surface area contributed by atoms with Gasteiger partial charge in [0.2, 0.25) is 0 Å². The van der Waals surface area contributed by atoms with Crippen molar-refractivity contribution in [3.05, 3.63) is 34.3 Å². The van der Waals surface area contributed by atoms with Crippen LogP contribution in [0.2, 0.25) is 0 Å². The molecule has 0 spiro atoms. The number of likely N-dealkylation sites (tertiary alicyclic amines) is 1. The summed E-state index contributed by atoms with van der Waals surface area (Å²) < 4.78 is 1.14. The highest BCUT2D eigenvalue weighted by atomic mass is 79.9. The second-order valence-corrected chi connectivity index (χ2v) is 7.20. The maximum Gasteiger partial charge on any atom is 0.0502 e. The summed E-state index contributed by atoms with van der Waals surface area (Å²) in [5.74, 6) is 0.835. The largest absolute Gasteiger partial charge is 0.326 e. The van der Waals surface area contributed by atoms with Crippen LogP contribution in [0.25, 0.3) is 0 Å². The first-order chi connectivity index (χ1) is 9.52. The van der Waals surface area contributed by atoms with Crippen molar-refractivity contribution in [3.63, 3.8) is 0 Å². The zero-order valence-corrected chi connectivity index (χ0v) is 14.4. The number of rotatable bonds is 4. The number of benzene rings is 1. The number of halogens is 1. The lowest BCUT2D eigenvalue weighted by Gasteiger charge is -2.44. The number of piperidine rings is 1. The summed E-state index contributed by atoms with van der Waals surface area (Å²) in [5, 5.41) is 0. The minimum Gasteiger partial charge on any atom is -0.326 e. The van der Waals surface area contributed by atoms with Crippen molar-refractivity contribution in [1.29, 1.82) is 0 Å². The molecule has 4 atom stereocenters. The van der Waals surface area contributed by atoms with Gasteiger partial charge in [0.25, 0.3) is 0 Å². The molecule has 0 bridgehead atoms. The normalized spacial score (nSPS) is 27.2. The molecule has 0 aromatic heterocycles. The van der Waals surface area contributed by atoms with Crippen LogP contribution in [0.3, 0.4) is 0 Å². The molecule has 1 aliphatic heterocycles. The molecule has 20 heavy (non-hydrogen) atoms. The van der Waals surface area contributed by atoms with Gasteiger partial charge in [-0.2, -0.15) is 0 Å². The van der Waals surface area contributed by atoms with E-state index in [0.717, 1.165) is 23.4 Å². The predicted molar refractivity (Wildman–Crippen MR) is 89.7 cm³/mol. The summed E-state index contributed by atoms with van der Waals surface area (Å²) in [6, 6.07) is 9.78. The Morgan fingerprint density at radius 3 is 2.75 bits per heavy atom. The Hall–Kier alpha value is -0.380. The minimum atomic E-state index is 0.195. The van der Waals surface area contributed by atoms with Crippen molar-refractivity contribution in [2.75, 3.05) is 6.54 Å². The molecule has 1 fully saturated rings. The van der Waals surface area contributed by atoms with Crippen molar-refractivity contribution >= 4 is 15.9 Å². The fourth-order valence-electron chi connectivity index (χ4n) is 3.44. The van der Waals surface area contributed by atoms with Crippen LogP contribution in [-0.4, -0.2) is 23.5 Å². The highest BCUT2D eigenvalue weighted by Crippen LogP contribution is 2.34. The predicted octanol–water partition coefficient (Wildman–Crippen LogP) is 4.35. The standard InChI is InChI=1S/C17H27BrN2/c1-4-16(19)17(14-6-5-7-15(18)11-14)20-9-8-12(2)10-13(20)3/h5-7,11-13,16-17H,4,8-10,19H2,1-3H3. The number of hydrogen-bond acceptors (Lipinski definition) is 2. The Bertz CT molecular complexity index is 435. The maximum absolute atomic E-state index is 6.47. The van der Waals surface area contributed by atoms with Gasteiger partial charge in [-0.05, 0) is 56.3 Å².